The molecule has 0 aliphatic carbocycles. The van der Waals surface area contributed by atoms with Gasteiger partial charge in [-0.1, -0.05) is 35.6 Å². The monoisotopic (exact) mass is 425 g/mol. The molecule has 0 radical (unpaired) electrons. The Kier molecular flexibility index (Phi) is 5.52. The van der Waals surface area contributed by atoms with E-state index in [1.807, 2.05) is 0 Å². The first kappa shape index (κ1) is 19.3. The Labute approximate surface area is 172 Å². The van der Waals surface area contributed by atoms with Crippen LogP contribution in [0.25, 0.3) is 0 Å². The van der Waals surface area contributed by atoms with Crippen LogP contribution in [0.15, 0.2) is 75.1 Å². The van der Waals surface area contributed by atoms with Gasteiger partial charge in [-0.3, -0.25) is 4.79 Å². The van der Waals surface area contributed by atoms with E-state index in [9.17, 15) is 13.6 Å². The molecule has 2 heterocycles. The van der Waals surface area contributed by atoms with E-state index in [0.29, 0.717) is 0 Å². The second-order valence-corrected chi connectivity index (χ2v) is 6.72. The Bertz CT molecular complexity index is 1260. The lowest BCUT2D eigenvalue weighted by Crippen LogP contribution is -2.11. The van der Waals surface area contributed by atoms with E-state index >= 15 is 0 Å². The molecule has 0 aliphatic rings. The summed E-state index contributed by atoms with van der Waals surface area (Å²) >= 11 is 1.15. The van der Waals surface area contributed by atoms with Crippen molar-refractivity contribution in [1.29, 1.82) is 0 Å². The highest BCUT2D eigenvalue weighted by molar-refractivity contribution is 7.13. The van der Waals surface area contributed by atoms with Crippen LogP contribution in [0.1, 0.15) is 0 Å². The molecule has 2 aromatic heterocycles. The van der Waals surface area contributed by atoms with Crippen LogP contribution in [0.3, 0.4) is 0 Å². The van der Waals surface area contributed by atoms with Crippen LogP contribution in [0, 0.1) is 11.6 Å². The third-order valence-corrected chi connectivity index (χ3v) is 4.46. The van der Waals surface area contributed by atoms with Gasteiger partial charge in [-0.05, 0) is 30.3 Å². The zero-order valence-corrected chi connectivity index (χ0v) is 16.0. The van der Waals surface area contributed by atoms with Crippen LogP contribution in [0.4, 0.5) is 42.5 Å². The van der Waals surface area contributed by atoms with Gasteiger partial charge in [0.15, 0.2) is 5.69 Å². The number of nitrogens with one attached hydrogen (secondary N) is 3. The third kappa shape index (κ3) is 4.36. The van der Waals surface area contributed by atoms with Gasteiger partial charge in [0, 0.05) is 0 Å². The van der Waals surface area contributed by atoms with Crippen molar-refractivity contribution in [3.05, 3.63) is 82.1 Å². The van der Waals surface area contributed by atoms with Crippen molar-refractivity contribution in [2.24, 2.45) is 10.2 Å². The number of anilines is 4. The molecule has 0 unspecified atom stereocenters. The first-order chi connectivity index (χ1) is 14.6. The van der Waals surface area contributed by atoms with E-state index in [1.54, 1.807) is 24.3 Å². The van der Waals surface area contributed by atoms with Crippen LogP contribution in [0.5, 0.6) is 0 Å². The highest BCUT2D eigenvalue weighted by atomic mass is 32.1. The fourth-order valence-corrected chi connectivity index (χ4v) is 2.87. The number of rotatable bonds is 6. The first-order valence-corrected chi connectivity index (χ1v) is 9.46. The molecule has 8 nitrogen and oxygen atoms in total. The minimum atomic E-state index is -0.582. The lowest BCUT2D eigenvalue weighted by atomic mass is 10.2. The van der Waals surface area contributed by atoms with Gasteiger partial charge in [-0.2, -0.15) is 0 Å². The largest absolute Gasteiger partial charge is 0.350 e. The highest BCUT2D eigenvalue weighted by Gasteiger charge is 2.13. The van der Waals surface area contributed by atoms with Gasteiger partial charge < -0.3 is 15.6 Å². The number of halogens is 2. The van der Waals surface area contributed by atoms with Crippen molar-refractivity contribution in [3.8, 4) is 0 Å². The molecule has 0 spiro atoms. The molecule has 0 saturated carbocycles. The summed E-state index contributed by atoms with van der Waals surface area (Å²) in [5.74, 6) is -0.893. The quantitative estimate of drug-likeness (QED) is 0.358. The van der Waals surface area contributed by atoms with Crippen LogP contribution in [-0.4, -0.2) is 15.2 Å². The van der Waals surface area contributed by atoms with Crippen molar-refractivity contribution in [2.75, 3.05) is 10.6 Å². The maximum atomic E-state index is 14.1. The Morgan fingerprint density at radius 1 is 0.900 bits per heavy atom. The molecular formula is C19H13F2N7OS. The fraction of sp³-hybridized carbons (Fsp3) is 0. The zero-order chi connectivity index (χ0) is 20.9. The predicted molar refractivity (Wildman–Crippen MR) is 111 cm³/mol. The summed E-state index contributed by atoms with van der Waals surface area (Å²) in [6.07, 6.45) is 0. The molecule has 0 atom stereocenters. The van der Waals surface area contributed by atoms with Crippen molar-refractivity contribution < 1.29 is 8.78 Å². The lowest BCUT2D eigenvalue weighted by Gasteiger charge is -2.15. The molecule has 11 heteroatoms. The zero-order valence-electron chi connectivity index (χ0n) is 15.1. The second-order valence-electron chi connectivity index (χ2n) is 5.90. The number of aromatic amines is 1. The van der Waals surface area contributed by atoms with Crippen LogP contribution in [-0.2, 0) is 0 Å². The topological polar surface area (TPSA) is 107 Å². The molecule has 4 rings (SSSR count). The number of hydrogen-bond acceptors (Lipinski definition) is 8. The maximum Gasteiger partial charge on any atom is 0.277 e. The average Bonchev–Trinajstić information content (AvgIpc) is 3.26. The Balaban J connectivity index is 1.76. The molecule has 2 aromatic carbocycles. The van der Waals surface area contributed by atoms with E-state index < -0.39 is 17.2 Å². The summed E-state index contributed by atoms with van der Waals surface area (Å²) in [6.45, 7) is 0. The van der Waals surface area contributed by atoms with Gasteiger partial charge in [0.1, 0.15) is 23.0 Å². The van der Waals surface area contributed by atoms with Gasteiger partial charge in [-0.15, -0.1) is 20.4 Å². The number of hydrogen-bond donors (Lipinski definition) is 3. The minimum Gasteiger partial charge on any atom is -0.350 e. The van der Waals surface area contributed by atoms with Crippen LogP contribution >= 0.6 is 11.3 Å². The van der Waals surface area contributed by atoms with Crippen molar-refractivity contribution >= 4 is 45.0 Å². The smallest absolute Gasteiger partial charge is 0.277 e. The van der Waals surface area contributed by atoms with Gasteiger partial charge in [0.2, 0.25) is 0 Å². The molecular weight excluding hydrogens is 412 g/mol. The number of benzene rings is 2. The molecule has 3 N–H and O–H groups in total. The predicted octanol–water partition coefficient (Wildman–Crippen LogP) is 5.41. The van der Waals surface area contributed by atoms with Crippen molar-refractivity contribution in [3.63, 3.8) is 0 Å². The summed E-state index contributed by atoms with van der Waals surface area (Å²) in [5.41, 5.74) is 1.39. The van der Waals surface area contributed by atoms with Crippen LogP contribution in [0.2, 0.25) is 0 Å². The summed E-state index contributed by atoms with van der Waals surface area (Å²) < 4.78 is 28.2. The molecule has 0 fully saturated rings. The van der Waals surface area contributed by atoms with Gasteiger partial charge in [-0.25, -0.2) is 8.78 Å². The van der Waals surface area contributed by atoms with E-state index in [1.165, 1.54) is 35.8 Å². The minimum absolute atomic E-state index is 0.0527. The number of H-pyrrole nitrogens is 1. The normalized spacial score (nSPS) is 11.0. The van der Waals surface area contributed by atoms with Gasteiger partial charge >= 0.3 is 0 Å². The summed E-state index contributed by atoms with van der Waals surface area (Å²) in [5, 5.41) is 21.1. The maximum absolute atomic E-state index is 14.1. The number of pyridine rings is 1. The molecule has 150 valence electrons. The molecule has 0 bridgehead atoms. The van der Waals surface area contributed by atoms with E-state index in [0.717, 1.165) is 11.3 Å². The molecule has 4 aromatic rings. The van der Waals surface area contributed by atoms with Crippen molar-refractivity contribution in [2.45, 2.75) is 0 Å². The van der Waals surface area contributed by atoms with Crippen LogP contribution < -0.4 is 16.2 Å². The molecule has 0 aliphatic heterocycles. The molecule has 0 saturated heterocycles. The van der Waals surface area contributed by atoms with E-state index in [4.69, 9.17) is 0 Å². The Morgan fingerprint density at radius 2 is 1.57 bits per heavy atom. The second kappa shape index (κ2) is 8.57. The summed E-state index contributed by atoms with van der Waals surface area (Å²) in [4.78, 5) is 15.1. The third-order valence-electron chi connectivity index (χ3n) is 3.89. The highest BCUT2D eigenvalue weighted by Crippen LogP contribution is 2.30. The number of nitrogens with zero attached hydrogens (tertiary/aromatic N) is 4. The lowest BCUT2D eigenvalue weighted by molar-refractivity contribution is 0.631. The number of aromatic nitrogens is 3. The first-order valence-electron chi connectivity index (χ1n) is 8.58. The molecule has 30 heavy (non-hydrogen) atoms. The number of para-hydroxylation sites is 2. The SMILES string of the molecule is O=c1[nH]c(Nc2ccccc2F)c(Nc2ccccc2F)cc1N=Nc1nncs1. The average molecular weight is 425 g/mol. The van der Waals surface area contributed by atoms with Crippen molar-refractivity contribution in [1.82, 2.24) is 15.2 Å². The van der Waals surface area contributed by atoms with Gasteiger partial charge in [0.25, 0.3) is 10.7 Å². The standard InChI is InChI=1S/C19H13F2N7OS/c20-11-5-1-3-7-13(11)23-15-9-16(26-28-19-27-22-10-30-19)18(29)25-17(15)24-14-8-4-2-6-12(14)21/h1-10,23H,(H2,24,25,29). The summed E-state index contributed by atoms with van der Waals surface area (Å²) in [7, 11) is 0. The fourth-order valence-electron chi connectivity index (χ4n) is 2.50. The Hall–Kier alpha value is -3.99. The van der Waals surface area contributed by atoms with E-state index in [2.05, 4.69) is 36.0 Å². The van der Waals surface area contributed by atoms with Gasteiger partial charge in [0.05, 0.1) is 17.1 Å². The van der Waals surface area contributed by atoms with E-state index in [-0.39, 0.29) is 33.7 Å². The Morgan fingerprint density at radius 3 is 2.20 bits per heavy atom. The number of azo groups is 1. The molecule has 0 amide bonds. The summed E-state index contributed by atoms with van der Waals surface area (Å²) in [6, 6.07) is 13.3.